The number of hydrogen-bond donors (Lipinski definition) is 1. The minimum absolute atomic E-state index is 0.143. The first-order valence-electron chi connectivity index (χ1n) is 5.28. The number of hydrogen-bond acceptors (Lipinski definition) is 4. The summed E-state index contributed by atoms with van der Waals surface area (Å²) in [4.78, 5) is 11.7. The van der Waals surface area contributed by atoms with Gasteiger partial charge in [0.05, 0.1) is 6.10 Å². The van der Waals surface area contributed by atoms with Crippen LogP contribution < -0.4 is 10.5 Å². The Bertz CT molecular complexity index is 350. The van der Waals surface area contributed by atoms with Crippen LogP contribution in [0.1, 0.15) is 24.2 Å². The van der Waals surface area contributed by atoms with Crippen molar-refractivity contribution in [2.75, 3.05) is 13.2 Å². The highest BCUT2D eigenvalue weighted by Crippen LogP contribution is 2.19. The monoisotopic (exact) mass is 223 g/mol. The third-order valence-electron chi connectivity index (χ3n) is 1.83. The lowest BCUT2D eigenvalue weighted by Crippen LogP contribution is -2.15. The molecule has 0 spiro atoms. The number of carbonyl (C=O) groups is 1. The molecule has 0 aliphatic heterocycles. The van der Waals surface area contributed by atoms with Gasteiger partial charge in [-0.15, -0.1) is 0 Å². The number of esters is 1. The summed E-state index contributed by atoms with van der Waals surface area (Å²) in [6.07, 6.45) is -0.143. The molecule has 88 valence electrons. The van der Waals surface area contributed by atoms with Gasteiger partial charge < -0.3 is 15.2 Å². The SMILES string of the molecule is CC(C)OC(=O)c1ccccc1OCCN. The molecule has 4 nitrogen and oxygen atoms in total. The molecule has 0 aliphatic carbocycles. The van der Waals surface area contributed by atoms with Gasteiger partial charge in [-0.25, -0.2) is 4.79 Å². The molecule has 0 saturated carbocycles. The number of nitrogens with two attached hydrogens (primary N) is 1. The largest absolute Gasteiger partial charge is 0.491 e. The van der Waals surface area contributed by atoms with Gasteiger partial charge in [-0.05, 0) is 26.0 Å². The van der Waals surface area contributed by atoms with E-state index < -0.39 is 0 Å². The molecule has 0 unspecified atom stereocenters. The molecule has 0 aliphatic rings. The predicted octanol–water partition coefficient (Wildman–Crippen LogP) is 1.59. The van der Waals surface area contributed by atoms with Crippen LogP contribution in [0.4, 0.5) is 0 Å². The zero-order valence-corrected chi connectivity index (χ0v) is 9.60. The van der Waals surface area contributed by atoms with Crippen LogP contribution in [0.5, 0.6) is 5.75 Å². The predicted molar refractivity (Wildman–Crippen MR) is 61.5 cm³/mol. The topological polar surface area (TPSA) is 61.5 Å². The second-order valence-electron chi connectivity index (χ2n) is 3.59. The van der Waals surface area contributed by atoms with Crippen molar-refractivity contribution in [2.24, 2.45) is 5.73 Å². The van der Waals surface area contributed by atoms with E-state index in [1.807, 2.05) is 0 Å². The minimum Gasteiger partial charge on any atom is -0.491 e. The molecule has 0 amide bonds. The van der Waals surface area contributed by atoms with Crippen molar-refractivity contribution in [3.63, 3.8) is 0 Å². The summed E-state index contributed by atoms with van der Waals surface area (Å²) in [5.41, 5.74) is 5.78. The molecule has 0 bridgehead atoms. The Morgan fingerprint density at radius 2 is 2.06 bits per heavy atom. The molecule has 2 N–H and O–H groups in total. The summed E-state index contributed by atoms with van der Waals surface area (Å²) in [5, 5.41) is 0. The van der Waals surface area contributed by atoms with Gasteiger partial charge in [0, 0.05) is 6.54 Å². The third-order valence-corrected chi connectivity index (χ3v) is 1.83. The minimum atomic E-state index is -0.373. The molecule has 0 radical (unpaired) electrons. The van der Waals surface area contributed by atoms with Crippen molar-refractivity contribution in [1.82, 2.24) is 0 Å². The standard InChI is InChI=1S/C12H17NO3/c1-9(2)16-12(14)10-5-3-4-6-11(10)15-8-7-13/h3-6,9H,7-8,13H2,1-2H3. The molecule has 4 heteroatoms. The molecule has 0 saturated heterocycles. The van der Waals surface area contributed by atoms with E-state index in [-0.39, 0.29) is 12.1 Å². The zero-order valence-electron chi connectivity index (χ0n) is 9.60. The van der Waals surface area contributed by atoms with Crippen molar-refractivity contribution < 1.29 is 14.3 Å². The molecule has 0 fully saturated rings. The maximum absolute atomic E-state index is 11.7. The maximum atomic E-state index is 11.7. The lowest BCUT2D eigenvalue weighted by molar-refractivity contribution is 0.0373. The first-order valence-corrected chi connectivity index (χ1v) is 5.28. The molecule has 1 rings (SSSR count). The second kappa shape index (κ2) is 6.12. The van der Waals surface area contributed by atoms with Crippen molar-refractivity contribution in [2.45, 2.75) is 20.0 Å². The smallest absolute Gasteiger partial charge is 0.342 e. The summed E-state index contributed by atoms with van der Waals surface area (Å²) in [6.45, 7) is 4.40. The van der Waals surface area contributed by atoms with E-state index in [9.17, 15) is 4.79 Å². The van der Waals surface area contributed by atoms with Gasteiger partial charge in [0.25, 0.3) is 0 Å². The van der Waals surface area contributed by atoms with E-state index in [2.05, 4.69) is 0 Å². The van der Waals surface area contributed by atoms with Crippen LogP contribution in [-0.4, -0.2) is 25.2 Å². The van der Waals surface area contributed by atoms with E-state index >= 15 is 0 Å². The maximum Gasteiger partial charge on any atom is 0.342 e. The first kappa shape index (κ1) is 12.5. The van der Waals surface area contributed by atoms with E-state index in [4.69, 9.17) is 15.2 Å². The van der Waals surface area contributed by atoms with Gasteiger partial charge in [0.1, 0.15) is 17.9 Å². The van der Waals surface area contributed by atoms with E-state index in [0.29, 0.717) is 24.5 Å². The number of carbonyl (C=O) groups excluding carboxylic acids is 1. The van der Waals surface area contributed by atoms with E-state index in [1.54, 1.807) is 38.1 Å². The van der Waals surface area contributed by atoms with Crippen LogP contribution in [0.2, 0.25) is 0 Å². The molecular formula is C12H17NO3. The van der Waals surface area contributed by atoms with E-state index in [0.717, 1.165) is 0 Å². The summed E-state index contributed by atoms with van der Waals surface area (Å²) in [7, 11) is 0. The summed E-state index contributed by atoms with van der Waals surface area (Å²) in [6, 6.07) is 6.98. The van der Waals surface area contributed by atoms with Crippen LogP contribution in [0, 0.1) is 0 Å². The highest BCUT2D eigenvalue weighted by molar-refractivity contribution is 5.92. The van der Waals surface area contributed by atoms with Gasteiger partial charge in [-0.2, -0.15) is 0 Å². The lowest BCUT2D eigenvalue weighted by atomic mass is 10.2. The molecular weight excluding hydrogens is 206 g/mol. The fourth-order valence-corrected chi connectivity index (χ4v) is 1.21. The van der Waals surface area contributed by atoms with Gasteiger partial charge in [-0.3, -0.25) is 0 Å². The van der Waals surface area contributed by atoms with Gasteiger partial charge in [0.15, 0.2) is 0 Å². The van der Waals surface area contributed by atoms with E-state index in [1.165, 1.54) is 0 Å². The number of para-hydroxylation sites is 1. The van der Waals surface area contributed by atoms with Gasteiger partial charge in [-0.1, -0.05) is 12.1 Å². The van der Waals surface area contributed by atoms with Crippen LogP contribution in [-0.2, 0) is 4.74 Å². The fourth-order valence-electron chi connectivity index (χ4n) is 1.21. The Morgan fingerprint density at radius 1 is 1.38 bits per heavy atom. The van der Waals surface area contributed by atoms with Crippen molar-refractivity contribution in [1.29, 1.82) is 0 Å². The highest BCUT2D eigenvalue weighted by atomic mass is 16.5. The van der Waals surface area contributed by atoms with Crippen LogP contribution in [0.3, 0.4) is 0 Å². The summed E-state index contributed by atoms with van der Waals surface area (Å²) < 4.78 is 10.5. The van der Waals surface area contributed by atoms with Crippen LogP contribution in [0.15, 0.2) is 24.3 Å². The molecule has 1 aromatic carbocycles. The number of ether oxygens (including phenoxy) is 2. The van der Waals surface area contributed by atoms with Crippen molar-refractivity contribution in [3.05, 3.63) is 29.8 Å². The molecule has 0 heterocycles. The van der Waals surface area contributed by atoms with Crippen molar-refractivity contribution in [3.8, 4) is 5.75 Å². The van der Waals surface area contributed by atoms with Crippen molar-refractivity contribution >= 4 is 5.97 Å². The molecule has 0 atom stereocenters. The quantitative estimate of drug-likeness (QED) is 0.770. The highest BCUT2D eigenvalue weighted by Gasteiger charge is 2.14. The lowest BCUT2D eigenvalue weighted by Gasteiger charge is -2.12. The number of benzene rings is 1. The zero-order chi connectivity index (χ0) is 12.0. The fraction of sp³-hybridized carbons (Fsp3) is 0.417. The van der Waals surface area contributed by atoms with Gasteiger partial charge in [0.2, 0.25) is 0 Å². The Hall–Kier alpha value is -1.55. The Morgan fingerprint density at radius 3 is 2.69 bits per heavy atom. The Balaban J connectivity index is 2.81. The molecule has 16 heavy (non-hydrogen) atoms. The van der Waals surface area contributed by atoms with Crippen LogP contribution in [0.25, 0.3) is 0 Å². The number of rotatable bonds is 5. The normalized spacial score (nSPS) is 10.2. The average molecular weight is 223 g/mol. The molecule has 0 aromatic heterocycles. The van der Waals surface area contributed by atoms with Crippen LogP contribution >= 0.6 is 0 Å². The first-order chi connectivity index (χ1) is 7.65. The Labute approximate surface area is 95.3 Å². The summed E-state index contributed by atoms with van der Waals surface area (Å²) >= 11 is 0. The third kappa shape index (κ3) is 3.55. The van der Waals surface area contributed by atoms with Gasteiger partial charge >= 0.3 is 5.97 Å². The molecule has 1 aromatic rings. The summed E-state index contributed by atoms with van der Waals surface area (Å²) in [5.74, 6) is 0.140. The average Bonchev–Trinajstić information content (AvgIpc) is 2.25. The Kier molecular flexibility index (Phi) is 4.79. The second-order valence-corrected chi connectivity index (χ2v) is 3.59.